The number of nitrogens with one attached hydrogen (secondary N) is 1. The topological polar surface area (TPSA) is 47.3 Å². The second kappa shape index (κ2) is 11.4. The summed E-state index contributed by atoms with van der Waals surface area (Å²) < 4.78 is 5.24. The molecule has 3 heteroatoms. The fourth-order valence-electron chi connectivity index (χ4n) is 2.55. The lowest BCUT2D eigenvalue weighted by Crippen LogP contribution is -2.28. The Morgan fingerprint density at radius 1 is 1.10 bits per heavy atom. The van der Waals surface area contributed by atoms with Crippen LogP contribution < -0.4 is 15.8 Å². The highest BCUT2D eigenvalue weighted by atomic mass is 16.5. The molecule has 0 aromatic heterocycles. The van der Waals surface area contributed by atoms with Crippen molar-refractivity contribution in [3.8, 4) is 5.75 Å². The van der Waals surface area contributed by atoms with Gasteiger partial charge in [-0.05, 0) is 18.6 Å². The van der Waals surface area contributed by atoms with E-state index in [1.54, 1.807) is 7.11 Å². The van der Waals surface area contributed by atoms with E-state index in [1.165, 1.54) is 44.9 Å². The molecule has 0 amide bonds. The molecule has 0 spiro atoms. The highest BCUT2D eigenvalue weighted by Crippen LogP contribution is 2.18. The maximum absolute atomic E-state index is 5.88. The zero-order chi connectivity index (χ0) is 15.3. The normalized spacial score (nSPS) is 12.1. The van der Waals surface area contributed by atoms with Gasteiger partial charge in [-0.1, -0.05) is 57.9 Å². The van der Waals surface area contributed by atoms with Crippen molar-refractivity contribution in [2.45, 2.75) is 64.3 Å². The van der Waals surface area contributed by atoms with Crippen molar-refractivity contribution in [3.05, 3.63) is 24.3 Å². The Kier molecular flexibility index (Phi) is 9.71. The third kappa shape index (κ3) is 7.96. The van der Waals surface area contributed by atoms with E-state index in [4.69, 9.17) is 10.5 Å². The van der Waals surface area contributed by atoms with E-state index in [1.807, 2.05) is 18.2 Å². The summed E-state index contributed by atoms with van der Waals surface area (Å²) in [7, 11) is 1.69. The highest BCUT2D eigenvalue weighted by Gasteiger charge is 2.06. The number of methoxy groups -OCH3 is 1. The lowest BCUT2D eigenvalue weighted by atomic mass is 10.0. The largest absolute Gasteiger partial charge is 0.497 e. The molecule has 120 valence electrons. The Morgan fingerprint density at radius 3 is 2.48 bits per heavy atom. The van der Waals surface area contributed by atoms with E-state index < -0.39 is 0 Å². The van der Waals surface area contributed by atoms with Crippen LogP contribution in [0.15, 0.2) is 24.3 Å². The first-order valence-electron chi connectivity index (χ1n) is 8.40. The Morgan fingerprint density at radius 2 is 1.81 bits per heavy atom. The van der Waals surface area contributed by atoms with E-state index in [0.29, 0.717) is 12.6 Å². The number of anilines is 1. The lowest BCUT2D eigenvalue weighted by molar-refractivity contribution is 0.415. The van der Waals surface area contributed by atoms with Crippen LogP contribution in [0.5, 0.6) is 5.75 Å². The number of nitrogens with two attached hydrogens (primary N) is 1. The van der Waals surface area contributed by atoms with Crippen LogP contribution in [0.3, 0.4) is 0 Å². The molecule has 0 aliphatic rings. The summed E-state index contributed by atoms with van der Waals surface area (Å²) in [6.45, 7) is 2.93. The van der Waals surface area contributed by atoms with E-state index >= 15 is 0 Å². The van der Waals surface area contributed by atoms with Gasteiger partial charge in [0.05, 0.1) is 7.11 Å². The minimum Gasteiger partial charge on any atom is -0.497 e. The zero-order valence-corrected chi connectivity index (χ0v) is 13.7. The van der Waals surface area contributed by atoms with Crippen molar-refractivity contribution >= 4 is 5.69 Å². The molecular weight excluding hydrogens is 260 g/mol. The Hall–Kier alpha value is -1.22. The first-order valence-corrected chi connectivity index (χ1v) is 8.40. The van der Waals surface area contributed by atoms with Crippen LogP contribution in [0.1, 0.15) is 58.3 Å². The quantitative estimate of drug-likeness (QED) is 0.555. The fraction of sp³-hybridized carbons (Fsp3) is 0.667. The molecule has 0 saturated carbocycles. The Balaban J connectivity index is 2.22. The maximum atomic E-state index is 5.88. The smallest absolute Gasteiger partial charge is 0.120 e. The van der Waals surface area contributed by atoms with E-state index in [9.17, 15) is 0 Å². The third-order valence-corrected chi connectivity index (χ3v) is 3.88. The van der Waals surface area contributed by atoms with Gasteiger partial charge in [0, 0.05) is 24.3 Å². The third-order valence-electron chi connectivity index (χ3n) is 3.88. The van der Waals surface area contributed by atoms with Crippen molar-refractivity contribution in [2.24, 2.45) is 5.73 Å². The molecule has 1 atom stereocenters. The van der Waals surface area contributed by atoms with Gasteiger partial charge in [0.15, 0.2) is 0 Å². The van der Waals surface area contributed by atoms with Gasteiger partial charge in [0.2, 0.25) is 0 Å². The first kappa shape index (κ1) is 17.8. The number of benzene rings is 1. The fourth-order valence-corrected chi connectivity index (χ4v) is 2.55. The first-order chi connectivity index (χ1) is 10.3. The highest BCUT2D eigenvalue weighted by molar-refractivity contribution is 5.48. The molecular formula is C18H32N2O. The molecule has 0 radical (unpaired) electrons. The monoisotopic (exact) mass is 292 g/mol. The van der Waals surface area contributed by atoms with Crippen LogP contribution >= 0.6 is 0 Å². The molecule has 1 aromatic rings. The summed E-state index contributed by atoms with van der Waals surface area (Å²) >= 11 is 0. The van der Waals surface area contributed by atoms with E-state index in [-0.39, 0.29) is 0 Å². The minimum absolute atomic E-state index is 0.354. The zero-order valence-electron chi connectivity index (χ0n) is 13.7. The van der Waals surface area contributed by atoms with Crippen LogP contribution in [0.2, 0.25) is 0 Å². The van der Waals surface area contributed by atoms with Gasteiger partial charge in [-0.3, -0.25) is 0 Å². The number of unbranched alkanes of at least 4 members (excludes halogenated alkanes) is 6. The van der Waals surface area contributed by atoms with Crippen molar-refractivity contribution < 1.29 is 4.74 Å². The average Bonchev–Trinajstić information content (AvgIpc) is 2.53. The molecule has 0 bridgehead atoms. The van der Waals surface area contributed by atoms with Crippen molar-refractivity contribution in [3.63, 3.8) is 0 Å². The minimum atomic E-state index is 0.354. The van der Waals surface area contributed by atoms with Gasteiger partial charge in [-0.2, -0.15) is 0 Å². The summed E-state index contributed by atoms with van der Waals surface area (Å²) in [5, 5.41) is 3.51. The van der Waals surface area contributed by atoms with Crippen molar-refractivity contribution in [2.75, 3.05) is 19.0 Å². The molecule has 1 aromatic carbocycles. The van der Waals surface area contributed by atoms with Crippen LogP contribution in [-0.2, 0) is 0 Å². The number of ether oxygens (including phenoxy) is 1. The maximum Gasteiger partial charge on any atom is 0.120 e. The summed E-state index contributed by atoms with van der Waals surface area (Å²) in [6.07, 6.45) is 10.5. The van der Waals surface area contributed by atoms with Gasteiger partial charge in [-0.25, -0.2) is 0 Å². The van der Waals surface area contributed by atoms with Gasteiger partial charge in [0.25, 0.3) is 0 Å². The van der Waals surface area contributed by atoms with Crippen LogP contribution in [0.4, 0.5) is 5.69 Å². The van der Waals surface area contributed by atoms with E-state index in [2.05, 4.69) is 18.3 Å². The predicted octanol–water partition coefficient (Wildman–Crippen LogP) is 4.58. The summed E-state index contributed by atoms with van der Waals surface area (Å²) in [5.41, 5.74) is 6.97. The molecule has 3 N–H and O–H groups in total. The average molecular weight is 292 g/mol. The molecule has 0 aliphatic heterocycles. The molecule has 21 heavy (non-hydrogen) atoms. The summed E-state index contributed by atoms with van der Waals surface area (Å²) in [5.74, 6) is 0.881. The lowest BCUT2D eigenvalue weighted by Gasteiger charge is -2.18. The second-order valence-corrected chi connectivity index (χ2v) is 5.72. The number of hydrogen-bond donors (Lipinski definition) is 2. The molecule has 0 aliphatic carbocycles. The van der Waals surface area contributed by atoms with Crippen LogP contribution in [0, 0.1) is 0 Å². The molecule has 1 rings (SSSR count). The molecule has 1 unspecified atom stereocenters. The summed E-state index contributed by atoms with van der Waals surface area (Å²) in [4.78, 5) is 0. The standard InChI is InChI=1S/C18H32N2O/c1-3-4-5-6-7-8-9-11-17(15-19)20-16-12-10-13-18(14-16)21-2/h10,12-14,17,20H,3-9,11,15,19H2,1-2H3. The van der Waals surface area contributed by atoms with Crippen molar-refractivity contribution in [1.82, 2.24) is 0 Å². The number of hydrogen-bond acceptors (Lipinski definition) is 3. The molecule has 3 nitrogen and oxygen atoms in total. The molecule has 0 heterocycles. The van der Waals surface area contributed by atoms with Crippen LogP contribution in [-0.4, -0.2) is 19.7 Å². The van der Waals surface area contributed by atoms with Gasteiger partial charge >= 0.3 is 0 Å². The van der Waals surface area contributed by atoms with Crippen molar-refractivity contribution in [1.29, 1.82) is 0 Å². The van der Waals surface area contributed by atoms with Gasteiger partial charge in [0.1, 0.15) is 5.75 Å². The van der Waals surface area contributed by atoms with Gasteiger partial charge in [-0.15, -0.1) is 0 Å². The molecule has 0 saturated heterocycles. The van der Waals surface area contributed by atoms with Crippen LogP contribution in [0.25, 0.3) is 0 Å². The summed E-state index contributed by atoms with van der Waals surface area (Å²) in [6, 6.07) is 8.40. The number of rotatable bonds is 12. The second-order valence-electron chi connectivity index (χ2n) is 5.72. The van der Waals surface area contributed by atoms with E-state index in [0.717, 1.165) is 17.9 Å². The SMILES string of the molecule is CCCCCCCCCC(CN)Nc1cccc(OC)c1. The predicted molar refractivity (Wildman–Crippen MR) is 92.1 cm³/mol. The Labute approximate surface area is 130 Å². The van der Waals surface area contributed by atoms with Gasteiger partial charge < -0.3 is 15.8 Å². The molecule has 0 fully saturated rings. The Bertz CT molecular complexity index is 368.